The van der Waals surface area contributed by atoms with Crippen molar-refractivity contribution in [2.24, 2.45) is 11.8 Å². The highest BCUT2D eigenvalue weighted by Gasteiger charge is 2.47. The van der Waals surface area contributed by atoms with Gasteiger partial charge in [-0.2, -0.15) is 0 Å². The monoisotopic (exact) mass is 330 g/mol. The topological polar surface area (TPSA) is 108 Å². The highest BCUT2D eigenvalue weighted by molar-refractivity contribution is 5.82. The van der Waals surface area contributed by atoms with Crippen LogP contribution >= 0.6 is 0 Å². The molecule has 23 heavy (non-hydrogen) atoms. The summed E-state index contributed by atoms with van der Waals surface area (Å²) < 4.78 is 20.0. The number of aliphatic carboxylic acids is 1. The maximum Gasteiger partial charge on any atom is 0.311 e. The van der Waals surface area contributed by atoms with Crippen molar-refractivity contribution in [1.82, 2.24) is 0 Å². The minimum Gasteiger partial charge on any atom is -0.481 e. The summed E-state index contributed by atoms with van der Waals surface area (Å²) in [6.07, 6.45) is -0.185. The van der Waals surface area contributed by atoms with Crippen LogP contribution in [0.1, 0.15) is 26.7 Å². The van der Waals surface area contributed by atoms with Gasteiger partial charge in [-0.1, -0.05) is 6.58 Å². The Labute approximate surface area is 134 Å². The zero-order valence-corrected chi connectivity index (χ0v) is 13.3. The smallest absolute Gasteiger partial charge is 0.311 e. The van der Waals surface area contributed by atoms with Gasteiger partial charge in [0, 0.05) is 6.92 Å². The molecule has 0 amide bonds. The second kappa shape index (κ2) is 9.14. The van der Waals surface area contributed by atoms with E-state index in [9.17, 15) is 19.5 Å². The summed E-state index contributed by atoms with van der Waals surface area (Å²) in [6.45, 7) is 6.52. The molecule has 0 saturated heterocycles. The lowest BCUT2D eigenvalue weighted by Gasteiger charge is -2.19. The van der Waals surface area contributed by atoms with Crippen molar-refractivity contribution >= 4 is 17.9 Å². The summed E-state index contributed by atoms with van der Waals surface area (Å²) in [7, 11) is 0. The van der Waals surface area contributed by atoms with Crippen LogP contribution in [-0.4, -0.2) is 49.1 Å². The molecule has 0 aromatic rings. The first kappa shape index (κ1) is 19.0. The van der Waals surface area contributed by atoms with Crippen molar-refractivity contribution in [3.05, 3.63) is 12.3 Å². The third-order valence-electron chi connectivity index (χ3n) is 3.36. The average Bonchev–Trinajstić information content (AvgIpc) is 2.85. The van der Waals surface area contributed by atoms with E-state index in [2.05, 4.69) is 6.58 Å². The quantitative estimate of drug-likeness (QED) is 0.290. The molecule has 0 aromatic heterocycles. The minimum absolute atomic E-state index is 0.00257. The Kier molecular flexibility index (Phi) is 7.53. The Morgan fingerprint density at radius 2 is 1.83 bits per heavy atom. The third kappa shape index (κ3) is 6.27. The highest BCUT2D eigenvalue weighted by atomic mass is 16.7. The molecule has 0 radical (unpaired) electrons. The largest absolute Gasteiger partial charge is 0.481 e. The molecular weight excluding hydrogens is 308 g/mol. The lowest BCUT2D eigenvalue weighted by molar-refractivity contribution is -0.164. The number of allylic oxidation sites excluding steroid dienone is 1. The predicted octanol–water partition coefficient (Wildman–Crippen LogP) is 1.10. The number of carbonyl (C=O) groups excluding carboxylic acids is 2. The summed E-state index contributed by atoms with van der Waals surface area (Å²) in [4.78, 5) is 34.3. The van der Waals surface area contributed by atoms with Crippen LogP contribution in [0.25, 0.3) is 0 Å². The van der Waals surface area contributed by atoms with Crippen LogP contribution in [0.2, 0.25) is 0 Å². The van der Waals surface area contributed by atoms with Crippen LogP contribution < -0.4 is 0 Å². The van der Waals surface area contributed by atoms with E-state index in [1.807, 2.05) is 0 Å². The van der Waals surface area contributed by atoms with E-state index in [-0.39, 0.29) is 20.0 Å². The lowest BCUT2D eigenvalue weighted by atomic mass is 9.95. The summed E-state index contributed by atoms with van der Waals surface area (Å²) in [5.41, 5.74) is 0. The molecule has 1 rings (SSSR count). The molecule has 8 nitrogen and oxygen atoms in total. The third-order valence-corrected chi connectivity index (χ3v) is 3.36. The normalized spacial score (nSPS) is 23.1. The standard InChI is InChI=1S/C15H22O8/c1-9(2)22-8-20-6-7-21-15(19)11-4-5-12(23-10(3)16)13(11)14(17)18/h11-13H,1,4-8H2,2-3H3,(H,17,18). The number of hydrogen-bond donors (Lipinski definition) is 1. The van der Waals surface area contributed by atoms with Crippen molar-refractivity contribution in [1.29, 1.82) is 0 Å². The molecule has 0 aliphatic heterocycles. The maximum absolute atomic E-state index is 12.0. The number of carbonyl (C=O) groups is 3. The first-order valence-electron chi connectivity index (χ1n) is 7.25. The fraction of sp³-hybridized carbons (Fsp3) is 0.667. The number of rotatable bonds is 9. The minimum atomic E-state index is -1.18. The summed E-state index contributed by atoms with van der Waals surface area (Å²) in [6, 6.07) is 0. The average molecular weight is 330 g/mol. The van der Waals surface area contributed by atoms with Crippen molar-refractivity contribution in [3.8, 4) is 0 Å². The number of carboxylic acid groups (broad SMARTS) is 1. The molecule has 1 saturated carbocycles. The van der Waals surface area contributed by atoms with E-state index in [1.165, 1.54) is 6.92 Å². The highest BCUT2D eigenvalue weighted by Crippen LogP contribution is 2.35. The van der Waals surface area contributed by atoms with Crippen LogP contribution in [0.15, 0.2) is 12.3 Å². The summed E-state index contributed by atoms with van der Waals surface area (Å²) in [5.74, 6) is -3.78. The van der Waals surface area contributed by atoms with Gasteiger partial charge in [0.2, 0.25) is 0 Å². The van der Waals surface area contributed by atoms with E-state index < -0.39 is 35.8 Å². The Morgan fingerprint density at radius 1 is 1.13 bits per heavy atom. The molecule has 3 atom stereocenters. The number of ether oxygens (including phenoxy) is 4. The van der Waals surface area contributed by atoms with Gasteiger partial charge in [-0.05, 0) is 19.8 Å². The molecule has 3 unspecified atom stereocenters. The second-order valence-electron chi connectivity index (χ2n) is 5.24. The van der Waals surface area contributed by atoms with Gasteiger partial charge in [-0.15, -0.1) is 0 Å². The fourth-order valence-electron chi connectivity index (χ4n) is 2.41. The Hall–Kier alpha value is -2.09. The molecule has 0 aromatic carbocycles. The van der Waals surface area contributed by atoms with Crippen molar-refractivity contribution in [2.45, 2.75) is 32.8 Å². The molecule has 0 heterocycles. The van der Waals surface area contributed by atoms with Gasteiger partial charge in [-0.3, -0.25) is 14.4 Å². The van der Waals surface area contributed by atoms with Crippen molar-refractivity contribution in [3.63, 3.8) is 0 Å². The predicted molar refractivity (Wildman–Crippen MR) is 77.1 cm³/mol. The van der Waals surface area contributed by atoms with Gasteiger partial charge in [0.05, 0.1) is 18.3 Å². The van der Waals surface area contributed by atoms with E-state index in [0.717, 1.165) is 0 Å². The van der Waals surface area contributed by atoms with Crippen LogP contribution in [0, 0.1) is 11.8 Å². The van der Waals surface area contributed by atoms with Crippen LogP contribution in [0.5, 0.6) is 0 Å². The maximum atomic E-state index is 12.0. The van der Waals surface area contributed by atoms with Crippen LogP contribution in [-0.2, 0) is 33.3 Å². The molecule has 130 valence electrons. The number of hydrogen-bond acceptors (Lipinski definition) is 7. The number of esters is 2. The molecule has 1 fully saturated rings. The van der Waals surface area contributed by atoms with Crippen LogP contribution in [0.4, 0.5) is 0 Å². The SMILES string of the molecule is C=C(C)OCOCCOC(=O)C1CCC(OC(C)=O)C1C(=O)O. The molecule has 0 spiro atoms. The lowest BCUT2D eigenvalue weighted by Crippen LogP contribution is -2.35. The molecule has 1 aliphatic carbocycles. The van der Waals surface area contributed by atoms with E-state index in [0.29, 0.717) is 18.6 Å². The molecule has 1 N–H and O–H groups in total. The zero-order chi connectivity index (χ0) is 17.4. The van der Waals surface area contributed by atoms with Crippen molar-refractivity contribution in [2.75, 3.05) is 20.0 Å². The van der Waals surface area contributed by atoms with Gasteiger partial charge in [0.15, 0.2) is 6.79 Å². The fourth-order valence-corrected chi connectivity index (χ4v) is 2.41. The first-order valence-corrected chi connectivity index (χ1v) is 7.25. The van der Waals surface area contributed by atoms with Crippen LogP contribution in [0.3, 0.4) is 0 Å². The van der Waals surface area contributed by atoms with Gasteiger partial charge in [0.1, 0.15) is 18.6 Å². The summed E-state index contributed by atoms with van der Waals surface area (Å²) >= 11 is 0. The van der Waals surface area contributed by atoms with Gasteiger partial charge >= 0.3 is 17.9 Å². The second-order valence-corrected chi connectivity index (χ2v) is 5.24. The Balaban J connectivity index is 2.41. The Morgan fingerprint density at radius 3 is 2.39 bits per heavy atom. The van der Waals surface area contributed by atoms with E-state index in [1.54, 1.807) is 6.92 Å². The molecule has 1 aliphatic rings. The summed E-state index contributed by atoms with van der Waals surface area (Å²) in [5, 5.41) is 9.26. The molecule has 8 heteroatoms. The Bertz CT molecular complexity index is 458. The number of carboxylic acids is 1. The van der Waals surface area contributed by atoms with E-state index in [4.69, 9.17) is 18.9 Å². The van der Waals surface area contributed by atoms with Gasteiger partial charge < -0.3 is 24.1 Å². The molecule has 0 bridgehead atoms. The first-order chi connectivity index (χ1) is 10.8. The van der Waals surface area contributed by atoms with Gasteiger partial charge in [0.25, 0.3) is 0 Å². The zero-order valence-electron chi connectivity index (χ0n) is 13.3. The van der Waals surface area contributed by atoms with Crippen molar-refractivity contribution < 1.29 is 38.4 Å². The van der Waals surface area contributed by atoms with Gasteiger partial charge in [-0.25, -0.2) is 0 Å². The molecular formula is C15H22O8. The van der Waals surface area contributed by atoms with E-state index >= 15 is 0 Å².